The van der Waals surface area contributed by atoms with Crippen LogP contribution >= 0.6 is 7.51 Å². The molecule has 0 amide bonds. The highest BCUT2D eigenvalue weighted by atomic mass is 31.2. The highest BCUT2D eigenvalue weighted by Crippen LogP contribution is 2.61. The van der Waals surface area contributed by atoms with E-state index in [9.17, 15) is 26.4 Å². The van der Waals surface area contributed by atoms with Gasteiger partial charge in [0.1, 0.15) is 0 Å². The molecule has 0 saturated heterocycles. The predicted octanol–water partition coefficient (Wildman–Crippen LogP) is 2.98. The molecule has 104 valence electrons. The van der Waals surface area contributed by atoms with Crippen molar-refractivity contribution in [1.29, 1.82) is 0 Å². The first kappa shape index (κ1) is 16.7. The summed E-state index contributed by atoms with van der Waals surface area (Å²) >= 11 is 0. The molecule has 17 heavy (non-hydrogen) atoms. The van der Waals surface area contributed by atoms with Crippen LogP contribution in [0.4, 0.5) is 26.4 Å². The summed E-state index contributed by atoms with van der Waals surface area (Å²) in [5, 5.41) is 0. The molecular weight excluding hydrogens is 273 g/mol. The molecule has 0 spiro atoms. The summed E-state index contributed by atoms with van der Waals surface area (Å²) in [6, 6.07) is 0. The molecule has 0 aliphatic carbocycles. The normalized spacial score (nSPS) is 14.2. The smallest absolute Gasteiger partial charge is 0.250 e. The van der Waals surface area contributed by atoms with Crippen molar-refractivity contribution in [1.82, 2.24) is 14.0 Å². The molecule has 0 saturated carbocycles. The van der Waals surface area contributed by atoms with Gasteiger partial charge in [-0.05, 0) is 28.2 Å². The number of nitrogens with zero attached hydrogens (tertiary/aromatic N) is 4. The minimum Gasteiger partial charge on any atom is -0.250 e. The molecule has 0 rings (SSSR count). The van der Waals surface area contributed by atoms with Crippen molar-refractivity contribution < 1.29 is 26.4 Å². The maximum atomic E-state index is 12.7. The average molecular weight is 286 g/mol. The van der Waals surface area contributed by atoms with E-state index in [-0.39, 0.29) is 0 Å². The van der Waals surface area contributed by atoms with Crippen LogP contribution < -0.4 is 0 Å². The van der Waals surface area contributed by atoms with E-state index in [2.05, 4.69) is 4.97 Å². The number of hydrogen-bond acceptors (Lipinski definition) is 1. The van der Waals surface area contributed by atoms with Crippen LogP contribution in [0, 0.1) is 0 Å². The largest absolute Gasteiger partial charge is 0.471 e. The summed E-state index contributed by atoms with van der Waals surface area (Å²) in [5.74, 6) is 0. The van der Waals surface area contributed by atoms with Crippen LogP contribution in [0.15, 0.2) is 4.97 Å². The highest BCUT2D eigenvalue weighted by molar-refractivity contribution is 7.59. The second kappa shape index (κ2) is 5.55. The molecule has 0 aliphatic heterocycles. The van der Waals surface area contributed by atoms with Crippen LogP contribution in [-0.4, -0.2) is 55.1 Å². The SMILES string of the molecule is CN(C)P(=NF)(N(C)C)N(C(F)F)C(F)(F)F. The Bertz CT molecular complexity index is 289. The molecule has 0 aromatic carbocycles. The third-order valence-electron chi connectivity index (χ3n) is 1.91. The van der Waals surface area contributed by atoms with Crippen molar-refractivity contribution in [2.45, 2.75) is 12.8 Å². The van der Waals surface area contributed by atoms with E-state index in [4.69, 9.17) is 0 Å². The summed E-state index contributed by atoms with van der Waals surface area (Å²) in [6.45, 7) is -3.91. The van der Waals surface area contributed by atoms with Crippen LogP contribution in [0.3, 0.4) is 0 Å². The number of hydrogen-bond donors (Lipinski definition) is 0. The third-order valence-corrected chi connectivity index (χ3v) is 5.24. The summed E-state index contributed by atoms with van der Waals surface area (Å²) in [4.78, 5) is 2.10. The zero-order valence-corrected chi connectivity index (χ0v) is 10.5. The van der Waals surface area contributed by atoms with Crippen LogP contribution in [0.5, 0.6) is 0 Å². The molecule has 0 aromatic rings. The van der Waals surface area contributed by atoms with E-state index in [1.54, 1.807) is 0 Å². The van der Waals surface area contributed by atoms with E-state index in [1.165, 1.54) is 0 Å². The van der Waals surface area contributed by atoms with Gasteiger partial charge in [0, 0.05) is 0 Å². The van der Waals surface area contributed by atoms with Crippen LogP contribution in [0.2, 0.25) is 0 Å². The van der Waals surface area contributed by atoms with E-state index in [0.29, 0.717) is 9.34 Å². The lowest BCUT2D eigenvalue weighted by atomic mass is 11.0. The average Bonchev–Trinajstić information content (AvgIpc) is 2.09. The van der Waals surface area contributed by atoms with E-state index in [0.717, 1.165) is 28.2 Å². The maximum Gasteiger partial charge on any atom is 0.471 e. The fraction of sp³-hybridized carbons (Fsp3) is 1.00. The van der Waals surface area contributed by atoms with Crippen molar-refractivity contribution in [3.63, 3.8) is 0 Å². The second-order valence-corrected chi connectivity index (χ2v) is 6.65. The van der Waals surface area contributed by atoms with E-state index >= 15 is 0 Å². The Balaban J connectivity index is 5.90. The first-order valence-electron chi connectivity index (χ1n) is 4.24. The van der Waals surface area contributed by atoms with Gasteiger partial charge < -0.3 is 0 Å². The van der Waals surface area contributed by atoms with Crippen LogP contribution in [-0.2, 0) is 0 Å². The molecule has 0 fully saturated rings. The van der Waals surface area contributed by atoms with Gasteiger partial charge in [0.25, 0.3) is 0 Å². The minimum atomic E-state index is -5.40. The lowest BCUT2D eigenvalue weighted by Gasteiger charge is -2.42. The highest BCUT2D eigenvalue weighted by Gasteiger charge is 2.55. The van der Waals surface area contributed by atoms with Gasteiger partial charge in [-0.2, -0.15) is 22.0 Å². The topological polar surface area (TPSA) is 22.1 Å². The fourth-order valence-electron chi connectivity index (χ4n) is 1.29. The lowest BCUT2D eigenvalue weighted by Crippen LogP contribution is -2.45. The number of halogens is 6. The van der Waals surface area contributed by atoms with Gasteiger partial charge in [-0.15, -0.1) is 0 Å². The standard InChI is InChI=1S/C6H13F6N4P/c1-14(2)17(13-12,15(3)4)16(5(7)8)6(9,10)11/h5H,1-4H3. The summed E-state index contributed by atoms with van der Waals surface area (Å²) in [7, 11) is -0.111. The number of alkyl halides is 5. The van der Waals surface area contributed by atoms with Gasteiger partial charge in [-0.1, -0.05) is 14.1 Å². The molecule has 0 radical (unpaired) electrons. The quantitative estimate of drug-likeness (QED) is 0.450. The Morgan fingerprint density at radius 2 is 1.35 bits per heavy atom. The van der Waals surface area contributed by atoms with Crippen molar-refractivity contribution >= 4 is 7.51 Å². The molecule has 0 N–H and O–H groups in total. The van der Waals surface area contributed by atoms with E-state index < -0.39 is 25.0 Å². The van der Waals surface area contributed by atoms with Crippen molar-refractivity contribution in [3.05, 3.63) is 0 Å². The monoisotopic (exact) mass is 286 g/mol. The van der Waals surface area contributed by atoms with Crippen molar-refractivity contribution in [3.8, 4) is 0 Å². The molecular formula is C6H13F6N4P. The first-order valence-corrected chi connectivity index (χ1v) is 5.84. The van der Waals surface area contributed by atoms with Crippen molar-refractivity contribution in [2.24, 2.45) is 4.97 Å². The van der Waals surface area contributed by atoms with Gasteiger partial charge in [0.15, 0.2) is 0 Å². The predicted molar refractivity (Wildman–Crippen MR) is 51.7 cm³/mol. The van der Waals surface area contributed by atoms with Gasteiger partial charge in [0.05, 0.1) is 0 Å². The molecule has 4 nitrogen and oxygen atoms in total. The molecule has 0 bridgehead atoms. The molecule has 0 aliphatic rings. The molecule has 0 unspecified atom stereocenters. The second-order valence-electron chi connectivity index (χ2n) is 3.40. The maximum absolute atomic E-state index is 12.7. The van der Waals surface area contributed by atoms with Gasteiger partial charge in [-0.25, -0.2) is 9.34 Å². The minimum absolute atomic E-state index is 0.701. The first-order chi connectivity index (χ1) is 7.51. The van der Waals surface area contributed by atoms with Crippen LogP contribution in [0.25, 0.3) is 0 Å². The molecule has 0 aromatic heterocycles. The number of rotatable bonds is 4. The van der Waals surface area contributed by atoms with Crippen molar-refractivity contribution in [2.75, 3.05) is 28.2 Å². The summed E-state index contributed by atoms with van der Waals surface area (Å²) in [5.41, 5.74) is 0. The van der Waals surface area contributed by atoms with Gasteiger partial charge in [-0.3, -0.25) is 0 Å². The van der Waals surface area contributed by atoms with Gasteiger partial charge in [0.2, 0.25) is 7.51 Å². The summed E-state index contributed by atoms with van der Waals surface area (Å²) < 4.78 is 75.7. The Labute approximate surface area is 94.9 Å². The zero-order valence-electron chi connectivity index (χ0n) is 9.58. The Kier molecular flexibility index (Phi) is 5.45. The van der Waals surface area contributed by atoms with Crippen LogP contribution in [0.1, 0.15) is 0 Å². The Morgan fingerprint density at radius 1 is 1.00 bits per heavy atom. The zero-order chi connectivity index (χ0) is 14.0. The molecule has 0 heterocycles. The summed E-state index contributed by atoms with van der Waals surface area (Å²) in [6.07, 6.45) is -5.40. The Hall–Kier alpha value is -0.310. The lowest BCUT2D eigenvalue weighted by molar-refractivity contribution is -0.256. The Morgan fingerprint density at radius 3 is 1.41 bits per heavy atom. The third kappa shape index (κ3) is 3.12. The van der Waals surface area contributed by atoms with E-state index in [1.807, 2.05) is 0 Å². The molecule has 0 atom stereocenters. The fourth-order valence-corrected chi connectivity index (χ4v) is 3.66. The van der Waals surface area contributed by atoms with Gasteiger partial charge >= 0.3 is 12.8 Å². The molecule has 11 heteroatoms.